The third-order valence-corrected chi connectivity index (χ3v) is 1.78. The van der Waals surface area contributed by atoms with Gasteiger partial charge in [-0.1, -0.05) is 0 Å². The van der Waals surface area contributed by atoms with Crippen molar-refractivity contribution in [1.82, 2.24) is 4.98 Å². The van der Waals surface area contributed by atoms with E-state index in [4.69, 9.17) is 10.2 Å². The molecule has 3 heteroatoms. The van der Waals surface area contributed by atoms with Crippen molar-refractivity contribution in [2.24, 2.45) is 0 Å². The molecule has 0 bridgehead atoms. The third kappa shape index (κ3) is 1.54. The first kappa shape index (κ1) is 7.86. The fraction of sp³-hybridized carbons (Fsp3) is 0.100. The summed E-state index contributed by atoms with van der Waals surface area (Å²) in [6, 6.07) is 7.33. The molecule has 0 spiro atoms. The Morgan fingerprint density at radius 2 is 2.15 bits per heavy atom. The van der Waals surface area contributed by atoms with Gasteiger partial charge < -0.3 is 10.2 Å². The molecule has 2 aromatic heterocycles. The van der Waals surface area contributed by atoms with Gasteiger partial charge in [0.1, 0.15) is 11.5 Å². The quantitative estimate of drug-likeness (QED) is 0.721. The number of anilines is 1. The van der Waals surface area contributed by atoms with Crippen LogP contribution in [0.1, 0.15) is 5.76 Å². The van der Waals surface area contributed by atoms with Crippen LogP contribution in [0.2, 0.25) is 0 Å². The highest BCUT2D eigenvalue weighted by Gasteiger charge is 2.03. The summed E-state index contributed by atoms with van der Waals surface area (Å²) in [7, 11) is 0. The number of furan rings is 1. The van der Waals surface area contributed by atoms with Crippen molar-refractivity contribution in [3.05, 3.63) is 36.2 Å². The van der Waals surface area contributed by atoms with Crippen LogP contribution in [0.25, 0.3) is 11.5 Å². The van der Waals surface area contributed by atoms with E-state index in [-0.39, 0.29) is 0 Å². The Morgan fingerprint density at radius 3 is 2.77 bits per heavy atom. The Balaban J connectivity index is 2.46. The van der Waals surface area contributed by atoms with E-state index in [2.05, 4.69) is 4.98 Å². The smallest absolute Gasteiger partial charge is 0.152 e. The summed E-state index contributed by atoms with van der Waals surface area (Å²) in [5.41, 5.74) is 7.09. The summed E-state index contributed by atoms with van der Waals surface area (Å²) in [5.74, 6) is 1.63. The molecule has 0 unspecified atom stereocenters. The lowest BCUT2D eigenvalue weighted by atomic mass is 10.3. The molecule has 0 radical (unpaired) electrons. The summed E-state index contributed by atoms with van der Waals surface area (Å²) < 4.78 is 5.41. The lowest BCUT2D eigenvalue weighted by molar-refractivity contribution is 0.546. The van der Waals surface area contributed by atoms with E-state index in [9.17, 15) is 0 Å². The topological polar surface area (TPSA) is 52.0 Å². The van der Waals surface area contributed by atoms with E-state index in [1.54, 1.807) is 18.3 Å². The fourth-order valence-corrected chi connectivity index (χ4v) is 1.15. The molecule has 3 nitrogen and oxygen atoms in total. The van der Waals surface area contributed by atoms with E-state index in [0.29, 0.717) is 5.69 Å². The van der Waals surface area contributed by atoms with Gasteiger partial charge in [-0.25, -0.2) is 0 Å². The van der Waals surface area contributed by atoms with Crippen molar-refractivity contribution in [3.63, 3.8) is 0 Å². The van der Waals surface area contributed by atoms with Crippen LogP contribution >= 0.6 is 0 Å². The number of aromatic nitrogens is 1. The molecule has 0 aliphatic heterocycles. The summed E-state index contributed by atoms with van der Waals surface area (Å²) in [6.07, 6.45) is 1.67. The number of hydrogen-bond donors (Lipinski definition) is 1. The molecule has 0 aromatic carbocycles. The number of nitrogens with two attached hydrogens (primary N) is 1. The zero-order chi connectivity index (χ0) is 9.26. The summed E-state index contributed by atoms with van der Waals surface area (Å²) >= 11 is 0. The van der Waals surface area contributed by atoms with Gasteiger partial charge in [0.15, 0.2) is 5.76 Å². The molecule has 0 aliphatic rings. The Kier molecular flexibility index (Phi) is 1.77. The molecule has 0 fully saturated rings. The number of hydrogen-bond acceptors (Lipinski definition) is 3. The minimum absolute atomic E-state index is 0.694. The molecular formula is C10H10N2O. The molecule has 66 valence electrons. The van der Waals surface area contributed by atoms with Gasteiger partial charge in [0.2, 0.25) is 0 Å². The highest BCUT2D eigenvalue weighted by Crippen LogP contribution is 2.20. The third-order valence-electron chi connectivity index (χ3n) is 1.78. The van der Waals surface area contributed by atoms with Crippen LogP contribution in [-0.4, -0.2) is 4.98 Å². The SMILES string of the molecule is Cc1ccc(-c2cc(N)ccn2)o1. The first-order valence-corrected chi connectivity index (χ1v) is 4.04. The van der Waals surface area contributed by atoms with Gasteiger partial charge in [-0.05, 0) is 31.2 Å². The number of nitrogens with zero attached hydrogens (tertiary/aromatic N) is 1. The van der Waals surface area contributed by atoms with Crippen molar-refractivity contribution in [1.29, 1.82) is 0 Å². The van der Waals surface area contributed by atoms with E-state index < -0.39 is 0 Å². The minimum atomic E-state index is 0.694. The first-order chi connectivity index (χ1) is 6.25. The van der Waals surface area contributed by atoms with Crippen LogP contribution in [-0.2, 0) is 0 Å². The van der Waals surface area contributed by atoms with Crippen LogP contribution in [0.15, 0.2) is 34.9 Å². The summed E-state index contributed by atoms with van der Waals surface area (Å²) in [4.78, 5) is 4.15. The molecule has 2 heterocycles. The van der Waals surface area contributed by atoms with Crippen LogP contribution in [0, 0.1) is 6.92 Å². The van der Waals surface area contributed by atoms with Gasteiger partial charge in [0.25, 0.3) is 0 Å². The molecule has 0 atom stereocenters. The van der Waals surface area contributed by atoms with Gasteiger partial charge >= 0.3 is 0 Å². The Morgan fingerprint density at radius 1 is 1.31 bits per heavy atom. The standard InChI is InChI=1S/C10H10N2O/c1-7-2-3-10(13-7)9-6-8(11)4-5-12-9/h2-6H,1H3,(H2,11,12). The molecule has 0 saturated carbocycles. The maximum absolute atomic E-state index is 5.62. The van der Waals surface area contributed by atoms with Gasteiger partial charge in [0, 0.05) is 11.9 Å². The maximum atomic E-state index is 5.62. The largest absolute Gasteiger partial charge is 0.460 e. The molecule has 0 saturated heterocycles. The van der Waals surface area contributed by atoms with Gasteiger partial charge in [-0.2, -0.15) is 0 Å². The van der Waals surface area contributed by atoms with E-state index in [1.807, 2.05) is 19.1 Å². The molecular weight excluding hydrogens is 164 g/mol. The highest BCUT2D eigenvalue weighted by molar-refractivity contribution is 5.57. The number of pyridine rings is 1. The monoisotopic (exact) mass is 174 g/mol. The predicted octanol–water partition coefficient (Wildman–Crippen LogP) is 2.23. The summed E-state index contributed by atoms with van der Waals surface area (Å²) in [6.45, 7) is 1.90. The lowest BCUT2D eigenvalue weighted by Gasteiger charge is -1.96. The van der Waals surface area contributed by atoms with Crippen LogP contribution in [0.5, 0.6) is 0 Å². The maximum Gasteiger partial charge on any atom is 0.152 e. The zero-order valence-electron chi connectivity index (χ0n) is 7.32. The Bertz CT molecular complexity index is 420. The zero-order valence-corrected chi connectivity index (χ0v) is 7.32. The second-order valence-corrected chi connectivity index (χ2v) is 2.88. The second-order valence-electron chi connectivity index (χ2n) is 2.88. The van der Waals surface area contributed by atoms with Crippen molar-refractivity contribution in [2.75, 3.05) is 5.73 Å². The summed E-state index contributed by atoms with van der Waals surface area (Å²) in [5, 5.41) is 0. The highest BCUT2D eigenvalue weighted by atomic mass is 16.3. The first-order valence-electron chi connectivity index (χ1n) is 4.04. The van der Waals surface area contributed by atoms with Crippen molar-refractivity contribution in [3.8, 4) is 11.5 Å². The molecule has 2 rings (SSSR count). The predicted molar refractivity (Wildman–Crippen MR) is 51.1 cm³/mol. The van der Waals surface area contributed by atoms with Gasteiger partial charge in [-0.15, -0.1) is 0 Å². The molecule has 2 aromatic rings. The van der Waals surface area contributed by atoms with Crippen LogP contribution in [0.4, 0.5) is 5.69 Å². The average molecular weight is 174 g/mol. The molecule has 0 amide bonds. The minimum Gasteiger partial charge on any atom is -0.460 e. The number of nitrogen functional groups attached to an aromatic ring is 1. The average Bonchev–Trinajstić information content (AvgIpc) is 2.52. The Hall–Kier alpha value is -1.77. The molecule has 13 heavy (non-hydrogen) atoms. The van der Waals surface area contributed by atoms with Gasteiger partial charge in [-0.3, -0.25) is 4.98 Å². The number of rotatable bonds is 1. The normalized spacial score (nSPS) is 10.2. The van der Waals surface area contributed by atoms with E-state index in [0.717, 1.165) is 17.2 Å². The second kappa shape index (κ2) is 2.94. The van der Waals surface area contributed by atoms with Gasteiger partial charge in [0.05, 0.1) is 0 Å². The van der Waals surface area contributed by atoms with E-state index >= 15 is 0 Å². The Labute approximate surface area is 76.2 Å². The molecule has 0 aliphatic carbocycles. The van der Waals surface area contributed by atoms with Crippen LogP contribution < -0.4 is 5.73 Å². The number of aryl methyl sites for hydroxylation is 1. The lowest BCUT2D eigenvalue weighted by Crippen LogP contribution is -1.86. The van der Waals surface area contributed by atoms with E-state index in [1.165, 1.54) is 0 Å². The van der Waals surface area contributed by atoms with Crippen LogP contribution in [0.3, 0.4) is 0 Å². The van der Waals surface area contributed by atoms with Crippen molar-refractivity contribution < 1.29 is 4.42 Å². The van der Waals surface area contributed by atoms with Crippen molar-refractivity contribution >= 4 is 5.69 Å². The molecule has 2 N–H and O–H groups in total. The van der Waals surface area contributed by atoms with Crippen molar-refractivity contribution in [2.45, 2.75) is 6.92 Å². The fourth-order valence-electron chi connectivity index (χ4n) is 1.15.